The van der Waals surface area contributed by atoms with Crippen molar-refractivity contribution < 1.29 is 17.5 Å². The molecule has 0 aliphatic rings. The second-order valence-corrected chi connectivity index (χ2v) is 5.33. The molecule has 2 aromatic carbocycles. The van der Waals surface area contributed by atoms with Gasteiger partial charge in [-0.3, -0.25) is 0 Å². The lowest BCUT2D eigenvalue weighted by molar-refractivity contribution is 0.150. The lowest BCUT2D eigenvalue weighted by Crippen LogP contribution is -2.13. The molecule has 1 radical (unpaired) electrons. The van der Waals surface area contributed by atoms with E-state index in [1.807, 2.05) is 6.07 Å². The quantitative estimate of drug-likeness (QED) is 0.856. The van der Waals surface area contributed by atoms with Gasteiger partial charge in [-0.05, 0) is 30.0 Å². The molecular formula is C14H14FO3S. The topological polar surface area (TPSA) is 43.4 Å². The van der Waals surface area contributed by atoms with Gasteiger partial charge in [-0.1, -0.05) is 24.3 Å². The summed E-state index contributed by atoms with van der Waals surface area (Å²) in [5, 5.41) is 1.33. The van der Waals surface area contributed by atoms with Crippen LogP contribution in [-0.2, 0) is 15.4 Å². The fourth-order valence-electron chi connectivity index (χ4n) is 1.77. The zero-order chi connectivity index (χ0) is 13.8. The van der Waals surface area contributed by atoms with E-state index < -0.39 is 16.8 Å². The van der Waals surface area contributed by atoms with E-state index >= 15 is 0 Å². The first-order chi connectivity index (χ1) is 9.06. The van der Waals surface area contributed by atoms with E-state index in [-0.39, 0.29) is 11.6 Å². The van der Waals surface area contributed by atoms with Crippen molar-refractivity contribution in [2.75, 3.05) is 5.75 Å². The second-order valence-electron chi connectivity index (χ2n) is 4.30. The van der Waals surface area contributed by atoms with E-state index in [9.17, 15) is 12.8 Å². The van der Waals surface area contributed by atoms with Crippen molar-refractivity contribution in [2.45, 2.75) is 13.0 Å². The van der Waals surface area contributed by atoms with Crippen LogP contribution in [0.5, 0.6) is 0 Å². The van der Waals surface area contributed by atoms with Gasteiger partial charge in [0.15, 0.2) is 0 Å². The first-order valence-electron chi connectivity index (χ1n) is 5.85. The molecule has 1 atom stereocenters. The van der Waals surface area contributed by atoms with Gasteiger partial charge in [-0.2, -0.15) is 0 Å². The van der Waals surface area contributed by atoms with Crippen molar-refractivity contribution in [1.29, 1.82) is 0 Å². The monoisotopic (exact) mass is 281 g/mol. The third-order valence-electron chi connectivity index (χ3n) is 2.70. The molecule has 0 aliphatic heterocycles. The predicted octanol–water partition coefficient (Wildman–Crippen LogP) is 2.51. The molecule has 1 unspecified atom stereocenters. The van der Waals surface area contributed by atoms with Crippen molar-refractivity contribution in [3.63, 3.8) is 0 Å². The van der Waals surface area contributed by atoms with Crippen LogP contribution in [0.4, 0.5) is 4.39 Å². The van der Waals surface area contributed by atoms with Crippen LogP contribution in [0.1, 0.15) is 12.5 Å². The molecule has 2 aromatic rings. The van der Waals surface area contributed by atoms with Crippen LogP contribution >= 0.6 is 0 Å². The van der Waals surface area contributed by atoms with E-state index in [0.717, 1.165) is 5.39 Å². The largest absolute Gasteiger partial charge is 0.366 e. The average molecular weight is 281 g/mol. The highest BCUT2D eigenvalue weighted by Gasteiger charge is 2.06. The number of ether oxygens (including phenoxy) is 1. The molecule has 0 saturated heterocycles. The molecule has 3 nitrogen and oxygen atoms in total. The molecule has 0 spiro atoms. The highest BCUT2D eigenvalue weighted by Crippen LogP contribution is 2.20. The van der Waals surface area contributed by atoms with Crippen molar-refractivity contribution in [3.05, 3.63) is 54.4 Å². The van der Waals surface area contributed by atoms with Crippen molar-refractivity contribution in [2.24, 2.45) is 0 Å². The molecule has 19 heavy (non-hydrogen) atoms. The minimum absolute atomic E-state index is 0.0340. The number of benzene rings is 2. The number of halogens is 1. The molecule has 0 fully saturated rings. The van der Waals surface area contributed by atoms with Gasteiger partial charge in [0.1, 0.15) is 23.1 Å². The number of fused-ring (bicyclic) bond motifs is 1. The standard InChI is InChI=1S/C14H14FO3S/c1-10(9-19(16)17)18-8-11-5-6-12-3-2-4-14(15)13(12)7-11/h2-8,10,19H,9H2,1H3. The lowest BCUT2D eigenvalue weighted by atomic mass is 10.1. The highest BCUT2D eigenvalue weighted by atomic mass is 32.2. The molecule has 2 rings (SSSR count). The summed E-state index contributed by atoms with van der Waals surface area (Å²) >= 11 is 0. The number of hydrogen-bond acceptors (Lipinski definition) is 3. The SMILES string of the molecule is CC(C[SH](=O)=O)O[CH]c1ccc2cccc(F)c2c1. The first kappa shape index (κ1) is 14.0. The van der Waals surface area contributed by atoms with E-state index in [1.54, 1.807) is 31.2 Å². The Labute approximate surface area is 113 Å². The summed E-state index contributed by atoms with van der Waals surface area (Å²) in [6.45, 7) is 3.12. The molecule has 0 aliphatic carbocycles. The van der Waals surface area contributed by atoms with Gasteiger partial charge in [0.25, 0.3) is 0 Å². The van der Waals surface area contributed by atoms with Crippen molar-refractivity contribution >= 4 is 21.5 Å². The maximum absolute atomic E-state index is 13.6. The Balaban J connectivity index is 2.11. The number of rotatable bonds is 5. The Hall–Kier alpha value is -1.46. The first-order valence-corrected chi connectivity index (χ1v) is 7.21. The number of hydrogen-bond donors (Lipinski definition) is 1. The third kappa shape index (κ3) is 3.75. The van der Waals surface area contributed by atoms with E-state index in [0.29, 0.717) is 10.9 Å². The van der Waals surface area contributed by atoms with E-state index in [4.69, 9.17) is 4.74 Å². The second kappa shape index (κ2) is 6.12. The molecule has 0 N–H and O–H groups in total. The fraction of sp³-hybridized carbons (Fsp3) is 0.214. The third-order valence-corrected chi connectivity index (χ3v) is 3.51. The van der Waals surface area contributed by atoms with Crippen LogP contribution in [0, 0.1) is 12.4 Å². The summed E-state index contributed by atoms with van der Waals surface area (Å²) in [6.07, 6.45) is -0.419. The Kier molecular flexibility index (Phi) is 4.50. The van der Waals surface area contributed by atoms with Crippen LogP contribution in [0.2, 0.25) is 0 Å². The summed E-state index contributed by atoms with van der Waals surface area (Å²) in [7, 11) is -2.46. The van der Waals surface area contributed by atoms with Gasteiger partial charge in [0, 0.05) is 5.39 Å². The zero-order valence-electron chi connectivity index (χ0n) is 10.4. The minimum Gasteiger partial charge on any atom is -0.366 e. The van der Waals surface area contributed by atoms with Crippen LogP contribution in [0.3, 0.4) is 0 Å². The molecule has 0 amide bonds. The fourth-order valence-corrected chi connectivity index (χ4v) is 2.28. The lowest BCUT2D eigenvalue weighted by Gasteiger charge is -2.10. The zero-order valence-corrected chi connectivity index (χ0v) is 11.3. The average Bonchev–Trinajstić information content (AvgIpc) is 2.36. The van der Waals surface area contributed by atoms with Gasteiger partial charge >= 0.3 is 0 Å². The molecular weight excluding hydrogens is 267 g/mol. The molecule has 101 valence electrons. The normalized spacial score (nSPS) is 13.0. The number of thiol groups is 1. The Morgan fingerprint density at radius 1 is 1.32 bits per heavy atom. The summed E-state index contributed by atoms with van der Waals surface area (Å²) in [5.41, 5.74) is 0.700. The van der Waals surface area contributed by atoms with Crippen molar-refractivity contribution in [3.8, 4) is 0 Å². The van der Waals surface area contributed by atoms with Crippen LogP contribution in [0.15, 0.2) is 36.4 Å². The smallest absolute Gasteiger partial charge is 0.142 e. The Morgan fingerprint density at radius 3 is 2.84 bits per heavy atom. The molecule has 0 heterocycles. The Bertz CT molecular complexity index is 644. The summed E-state index contributed by atoms with van der Waals surface area (Å²) in [5.74, 6) is -0.322. The molecule has 0 aromatic heterocycles. The van der Waals surface area contributed by atoms with Gasteiger partial charge < -0.3 is 4.74 Å². The molecule has 0 bridgehead atoms. The van der Waals surface area contributed by atoms with Gasteiger partial charge in [0.05, 0.1) is 11.9 Å². The van der Waals surface area contributed by atoms with E-state index in [1.165, 1.54) is 12.7 Å². The van der Waals surface area contributed by atoms with E-state index in [2.05, 4.69) is 0 Å². The summed E-state index contributed by atoms with van der Waals surface area (Å²) in [4.78, 5) is 0. The molecule has 5 heteroatoms. The van der Waals surface area contributed by atoms with Gasteiger partial charge in [0.2, 0.25) is 0 Å². The van der Waals surface area contributed by atoms with Crippen molar-refractivity contribution in [1.82, 2.24) is 0 Å². The molecule has 0 saturated carbocycles. The van der Waals surface area contributed by atoms with Gasteiger partial charge in [-0.15, -0.1) is 0 Å². The maximum atomic E-state index is 13.6. The minimum atomic E-state index is -2.46. The predicted molar refractivity (Wildman–Crippen MR) is 73.0 cm³/mol. The van der Waals surface area contributed by atoms with Crippen LogP contribution < -0.4 is 0 Å². The summed E-state index contributed by atoms with van der Waals surface area (Å²) in [6, 6.07) is 10.2. The van der Waals surface area contributed by atoms with Gasteiger partial charge in [-0.25, -0.2) is 12.8 Å². The highest BCUT2D eigenvalue weighted by molar-refractivity contribution is 7.72. The maximum Gasteiger partial charge on any atom is 0.142 e. The van der Waals surface area contributed by atoms with Crippen LogP contribution in [-0.4, -0.2) is 20.3 Å². The van der Waals surface area contributed by atoms with Crippen LogP contribution in [0.25, 0.3) is 10.8 Å². The summed E-state index contributed by atoms with van der Waals surface area (Å²) < 4.78 is 40.0. The Morgan fingerprint density at radius 2 is 2.11 bits per heavy atom.